The van der Waals surface area contributed by atoms with Gasteiger partial charge in [0.25, 0.3) is 0 Å². The maximum absolute atomic E-state index is 5.54. The van der Waals surface area contributed by atoms with Crippen molar-refractivity contribution in [2.24, 2.45) is 5.84 Å². The molecule has 0 saturated carbocycles. The predicted octanol–water partition coefficient (Wildman–Crippen LogP) is 1.21. The number of nitrogens with two attached hydrogens (primary N) is 1. The summed E-state index contributed by atoms with van der Waals surface area (Å²) >= 11 is 0. The normalized spacial score (nSPS) is 14.3. The molecule has 0 saturated heterocycles. The van der Waals surface area contributed by atoms with E-state index in [1.807, 2.05) is 26.8 Å². The van der Waals surface area contributed by atoms with Crippen LogP contribution in [-0.2, 0) is 4.74 Å². The lowest BCUT2D eigenvalue weighted by Crippen LogP contribution is -2.40. The summed E-state index contributed by atoms with van der Waals surface area (Å²) in [4.78, 5) is 0. The zero-order chi connectivity index (χ0) is 9.61. The maximum atomic E-state index is 5.54. The van der Waals surface area contributed by atoms with Crippen LogP contribution in [0.15, 0.2) is 12.7 Å². The number of hydrogen-bond acceptors (Lipinski definition) is 3. The minimum atomic E-state index is -0.101. The highest BCUT2D eigenvalue weighted by Gasteiger charge is 2.13. The smallest absolute Gasteiger partial charge is 0.0643 e. The number of ether oxygens (including phenoxy) is 1. The molecule has 0 aromatic carbocycles. The number of hydrogen-bond donors (Lipinski definition) is 2. The minimum absolute atomic E-state index is 0.101. The molecule has 0 rings (SSSR count). The molecular formula is C9H20N2O. The number of nitrogens with one attached hydrogen (secondary N) is 1. The van der Waals surface area contributed by atoms with E-state index in [0.29, 0.717) is 6.61 Å². The van der Waals surface area contributed by atoms with Gasteiger partial charge in [-0.3, -0.25) is 11.3 Å². The van der Waals surface area contributed by atoms with Gasteiger partial charge in [-0.25, -0.2) is 0 Å². The minimum Gasteiger partial charge on any atom is -0.374 e. The van der Waals surface area contributed by atoms with Crippen molar-refractivity contribution in [2.75, 3.05) is 6.61 Å². The molecule has 3 heteroatoms. The van der Waals surface area contributed by atoms with Gasteiger partial charge in [-0.05, 0) is 27.2 Å². The van der Waals surface area contributed by atoms with Crippen LogP contribution in [0.5, 0.6) is 0 Å². The molecule has 3 nitrogen and oxygen atoms in total. The fourth-order valence-electron chi connectivity index (χ4n) is 0.736. The summed E-state index contributed by atoms with van der Waals surface area (Å²) in [7, 11) is 0. The second-order valence-corrected chi connectivity index (χ2v) is 3.81. The Labute approximate surface area is 74.9 Å². The average molecular weight is 172 g/mol. The molecule has 0 fully saturated rings. The Morgan fingerprint density at radius 1 is 1.58 bits per heavy atom. The average Bonchev–Trinajstić information content (AvgIpc) is 1.96. The predicted molar refractivity (Wildman–Crippen MR) is 51.6 cm³/mol. The molecule has 0 aliphatic heterocycles. The Bertz CT molecular complexity index is 129. The summed E-state index contributed by atoms with van der Waals surface area (Å²) in [6, 6.07) is 0.168. The third-order valence-corrected chi connectivity index (χ3v) is 1.40. The second-order valence-electron chi connectivity index (χ2n) is 3.81. The van der Waals surface area contributed by atoms with Crippen molar-refractivity contribution in [1.29, 1.82) is 0 Å². The number of hydrazine groups is 1. The summed E-state index contributed by atoms with van der Waals surface area (Å²) in [5.41, 5.74) is 2.58. The van der Waals surface area contributed by atoms with Crippen molar-refractivity contribution in [3.63, 3.8) is 0 Å². The fourth-order valence-corrected chi connectivity index (χ4v) is 0.736. The topological polar surface area (TPSA) is 47.3 Å². The van der Waals surface area contributed by atoms with Crippen LogP contribution in [0, 0.1) is 0 Å². The summed E-state index contributed by atoms with van der Waals surface area (Å²) in [5.74, 6) is 5.31. The largest absolute Gasteiger partial charge is 0.374 e. The van der Waals surface area contributed by atoms with Crippen molar-refractivity contribution in [1.82, 2.24) is 5.43 Å². The van der Waals surface area contributed by atoms with Crippen molar-refractivity contribution in [2.45, 2.75) is 38.8 Å². The standard InChI is InChI=1S/C9H20N2O/c1-5-6-8(11-10)7-12-9(2,3)4/h5,8,11H,1,6-7,10H2,2-4H3. The van der Waals surface area contributed by atoms with Gasteiger partial charge in [0, 0.05) is 6.04 Å². The summed E-state index contributed by atoms with van der Waals surface area (Å²) in [5, 5.41) is 0. The van der Waals surface area contributed by atoms with E-state index < -0.39 is 0 Å². The molecule has 0 spiro atoms. The first-order chi connectivity index (χ1) is 5.49. The molecule has 0 amide bonds. The van der Waals surface area contributed by atoms with Gasteiger partial charge in [-0.15, -0.1) is 6.58 Å². The lowest BCUT2D eigenvalue weighted by molar-refractivity contribution is -0.0140. The van der Waals surface area contributed by atoms with E-state index in [4.69, 9.17) is 10.6 Å². The fraction of sp³-hybridized carbons (Fsp3) is 0.778. The Kier molecular flexibility index (Phi) is 5.13. The van der Waals surface area contributed by atoms with Crippen LogP contribution in [0.1, 0.15) is 27.2 Å². The molecule has 72 valence electrons. The Morgan fingerprint density at radius 2 is 2.17 bits per heavy atom. The Morgan fingerprint density at radius 3 is 2.50 bits per heavy atom. The van der Waals surface area contributed by atoms with Gasteiger partial charge in [0.05, 0.1) is 12.2 Å². The Balaban J connectivity index is 3.64. The summed E-state index contributed by atoms with van der Waals surface area (Å²) in [6.45, 7) is 10.3. The Hall–Kier alpha value is -0.380. The van der Waals surface area contributed by atoms with E-state index in [0.717, 1.165) is 6.42 Å². The van der Waals surface area contributed by atoms with E-state index in [1.165, 1.54) is 0 Å². The molecule has 12 heavy (non-hydrogen) atoms. The van der Waals surface area contributed by atoms with Crippen LogP contribution in [0.25, 0.3) is 0 Å². The third-order valence-electron chi connectivity index (χ3n) is 1.40. The quantitative estimate of drug-likeness (QED) is 0.372. The van der Waals surface area contributed by atoms with Gasteiger partial charge in [0.15, 0.2) is 0 Å². The first kappa shape index (κ1) is 11.6. The molecular weight excluding hydrogens is 152 g/mol. The van der Waals surface area contributed by atoms with E-state index in [2.05, 4.69) is 12.0 Å². The maximum Gasteiger partial charge on any atom is 0.0643 e. The zero-order valence-corrected chi connectivity index (χ0v) is 8.26. The molecule has 0 aliphatic carbocycles. The van der Waals surface area contributed by atoms with Crippen molar-refractivity contribution < 1.29 is 4.74 Å². The van der Waals surface area contributed by atoms with Crippen LogP contribution >= 0.6 is 0 Å². The molecule has 0 aromatic rings. The lowest BCUT2D eigenvalue weighted by Gasteiger charge is -2.23. The van der Waals surface area contributed by atoms with E-state index in [1.54, 1.807) is 0 Å². The van der Waals surface area contributed by atoms with Gasteiger partial charge < -0.3 is 4.74 Å². The highest BCUT2D eigenvalue weighted by Crippen LogP contribution is 2.07. The van der Waals surface area contributed by atoms with Gasteiger partial charge >= 0.3 is 0 Å². The highest BCUT2D eigenvalue weighted by atomic mass is 16.5. The van der Waals surface area contributed by atoms with Crippen molar-refractivity contribution in [3.8, 4) is 0 Å². The van der Waals surface area contributed by atoms with Crippen LogP contribution in [0.2, 0.25) is 0 Å². The van der Waals surface area contributed by atoms with E-state index >= 15 is 0 Å². The molecule has 0 aromatic heterocycles. The van der Waals surface area contributed by atoms with Crippen LogP contribution < -0.4 is 11.3 Å². The highest BCUT2D eigenvalue weighted by molar-refractivity contribution is 4.77. The molecule has 1 unspecified atom stereocenters. The molecule has 3 N–H and O–H groups in total. The van der Waals surface area contributed by atoms with E-state index in [-0.39, 0.29) is 11.6 Å². The monoisotopic (exact) mass is 172 g/mol. The van der Waals surface area contributed by atoms with Gasteiger partial charge in [0.2, 0.25) is 0 Å². The van der Waals surface area contributed by atoms with E-state index in [9.17, 15) is 0 Å². The summed E-state index contributed by atoms with van der Waals surface area (Å²) in [6.07, 6.45) is 2.66. The van der Waals surface area contributed by atoms with Crippen LogP contribution in [0.4, 0.5) is 0 Å². The molecule has 0 bridgehead atoms. The second kappa shape index (κ2) is 5.30. The molecule has 0 radical (unpaired) electrons. The number of rotatable bonds is 5. The zero-order valence-electron chi connectivity index (χ0n) is 8.26. The SMILES string of the molecule is C=CCC(COC(C)(C)C)NN. The van der Waals surface area contributed by atoms with Crippen LogP contribution in [0.3, 0.4) is 0 Å². The van der Waals surface area contributed by atoms with Crippen LogP contribution in [-0.4, -0.2) is 18.2 Å². The third kappa shape index (κ3) is 6.34. The molecule has 0 aliphatic rings. The van der Waals surface area contributed by atoms with Crippen molar-refractivity contribution >= 4 is 0 Å². The van der Waals surface area contributed by atoms with Gasteiger partial charge in [0.1, 0.15) is 0 Å². The lowest BCUT2D eigenvalue weighted by atomic mass is 10.2. The van der Waals surface area contributed by atoms with Crippen molar-refractivity contribution in [3.05, 3.63) is 12.7 Å². The molecule has 1 atom stereocenters. The summed E-state index contributed by atoms with van der Waals surface area (Å²) < 4.78 is 5.54. The van der Waals surface area contributed by atoms with Gasteiger partial charge in [-0.2, -0.15) is 0 Å². The molecule has 0 heterocycles. The first-order valence-electron chi connectivity index (χ1n) is 4.20. The first-order valence-corrected chi connectivity index (χ1v) is 4.20. The van der Waals surface area contributed by atoms with Gasteiger partial charge in [-0.1, -0.05) is 6.08 Å².